The maximum absolute atomic E-state index is 11.5. The molecular weight excluding hydrogens is 200 g/mol. The Balaban J connectivity index is 2.74. The maximum atomic E-state index is 11.5. The molecule has 1 unspecified atom stereocenters. The molecular formula is C9H14N2O4. The molecule has 0 bridgehead atoms. The minimum absolute atomic E-state index is 0.602. The van der Waals surface area contributed by atoms with Gasteiger partial charge in [-0.25, -0.2) is 4.79 Å². The number of aliphatic hydroxyl groups is 1. The van der Waals surface area contributed by atoms with E-state index in [0.29, 0.717) is 4.90 Å². The number of nitrogens with zero attached hydrogens (tertiary/aromatic N) is 1. The van der Waals surface area contributed by atoms with Gasteiger partial charge in [-0.2, -0.15) is 4.90 Å². The van der Waals surface area contributed by atoms with E-state index < -0.39 is 24.0 Å². The number of hydrogen-bond acceptors (Lipinski definition) is 5. The smallest absolute Gasteiger partial charge is 0.420 e. The molecule has 1 aliphatic rings. The van der Waals surface area contributed by atoms with Gasteiger partial charge in [0.25, 0.3) is 5.91 Å². The first-order valence-corrected chi connectivity index (χ1v) is 4.48. The van der Waals surface area contributed by atoms with Crippen molar-refractivity contribution in [3.05, 3.63) is 12.3 Å². The molecule has 15 heavy (non-hydrogen) atoms. The highest BCUT2D eigenvalue weighted by Gasteiger charge is 2.32. The van der Waals surface area contributed by atoms with Crippen LogP contribution in [0.1, 0.15) is 20.8 Å². The van der Waals surface area contributed by atoms with Crippen LogP contribution in [0.2, 0.25) is 0 Å². The highest BCUT2D eigenvalue weighted by Crippen LogP contribution is 2.12. The SMILES string of the molecule is CC(C)(C)OC(=O)N1C(=O)C=CNC1O. The van der Waals surface area contributed by atoms with Gasteiger partial charge in [0.15, 0.2) is 0 Å². The van der Waals surface area contributed by atoms with Crippen LogP contribution < -0.4 is 5.32 Å². The lowest BCUT2D eigenvalue weighted by Crippen LogP contribution is -2.53. The van der Waals surface area contributed by atoms with Gasteiger partial charge in [-0.15, -0.1) is 0 Å². The van der Waals surface area contributed by atoms with Crippen molar-refractivity contribution in [2.24, 2.45) is 0 Å². The zero-order chi connectivity index (χ0) is 11.6. The standard InChI is InChI=1S/C9H14N2O4/c1-9(2,3)15-8(14)11-6(12)4-5-10-7(11)13/h4-5,7,10,13H,1-3H3. The minimum Gasteiger partial charge on any atom is -0.443 e. The lowest BCUT2D eigenvalue weighted by Gasteiger charge is -2.30. The zero-order valence-electron chi connectivity index (χ0n) is 8.85. The number of carbonyl (C=O) groups excluding carboxylic acids is 2. The number of nitrogens with one attached hydrogen (secondary N) is 1. The highest BCUT2D eigenvalue weighted by molar-refractivity contribution is 5.99. The predicted octanol–water partition coefficient (Wildman–Crippen LogP) is 0.143. The van der Waals surface area contributed by atoms with E-state index in [1.54, 1.807) is 20.8 Å². The third-order valence-electron chi connectivity index (χ3n) is 1.54. The average molecular weight is 214 g/mol. The Labute approximate surface area is 87.5 Å². The topological polar surface area (TPSA) is 78.9 Å². The van der Waals surface area contributed by atoms with Crippen LogP contribution in [0.5, 0.6) is 0 Å². The van der Waals surface area contributed by atoms with E-state index in [0.717, 1.165) is 6.08 Å². The lowest BCUT2D eigenvalue weighted by molar-refractivity contribution is -0.137. The first-order chi connectivity index (χ1) is 6.81. The van der Waals surface area contributed by atoms with Crippen LogP contribution in [0.15, 0.2) is 12.3 Å². The maximum Gasteiger partial charge on any atom is 0.420 e. The summed E-state index contributed by atoms with van der Waals surface area (Å²) in [7, 11) is 0. The van der Waals surface area contributed by atoms with Crippen molar-refractivity contribution in [1.29, 1.82) is 0 Å². The van der Waals surface area contributed by atoms with E-state index in [4.69, 9.17) is 4.74 Å². The molecule has 0 aromatic heterocycles. The number of amides is 2. The summed E-state index contributed by atoms with van der Waals surface area (Å²) in [6.45, 7) is 5.03. The third-order valence-corrected chi connectivity index (χ3v) is 1.54. The number of imide groups is 1. The van der Waals surface area contributed by atoms with Gasteiger partial charge < -0.3 is 15.2 Å². The number of ether oxygens (including phenoxy) is 1. The van der Waals surface area contributed by atoms with E-state index in [1.807, 2.05) is 0 Å². The fourth-order valence-corrected chi connectivity index (χ4v) is 0.982. The summed E-state index contributed by atoms with van der Waals surface area (Å²) in [5, 5.41) is 11.8. The Morgan fingerprint density at radius 3 is 2.67 bits per heavy atom. The molecule has 0 spiro atoms. The van der Waals surface area contributed by atoms with Crippen molar-refractivity contribution in [1.82, 2.24) is 10.2 Å². The van der Waals surface area contributed by atoms with Gasteiger partial charge in [-0.3, -0.25) is 4.79 Å². The summed E-state index contributed by atoms with van der Waals surface area (Å²) in [4.78, 5) is 23.4. The van der Waals surface area contributed by atoms with E-state index in [9.17, 15) is 14.7 Å². The van der Waals surface area contributed by atoms with Crippen LogP contribution in [0, 0.1) is 0 Å². The molecule has 0 fully saturated rings. The van der Waals surface area contributed by atoms with Gasteiger partial charge in [0, 0.05) is 12.3 Å². The van der Waals surface area contributed by atoms with E-state index >= 15 is 0 Å². The summed E-state index contributed by atoms with van der Waals surface area (Å²) in [6, 6.07) is 0. The minimum atomic E-state index is -1.38. The average Bonchev–Trinajstić information content (AvgIpc) is 1.99. The van der Waals surface area contributed by atoms with Crippen LogP contribution >= 0.6 is 0 Å². The van der Waals surface area contributed by atoms with Crippen molar-refractivity contribution in [2.45, 2.75) is 32.7 Å². The molecule has 0 saturated carbocycles. The fraction of sp³-hybridized carbons (Fsp3) is 0.556. The predicted molar refractivity (Wildman–Crippen MR) is 51.4 cm³/mol. The molecule has 0 aromatic rings. The largest absolute Gasteiger partial charge is 0.443 e. The van der Waals surface area contributed by atoms with Crippen LogP contribution in [-0.2, 0) is 9.53 Å². The Bertz CT molecular complexity index is 306. The summed E-state index contributed by atoms with van der Waals surface area (Å²) in [6.07, 6.45) is 0.152. The van der Waals surface area contributed by atoms with Gasteiger partial charge in [0.2, 0.25) is 6.35 Å². The second-order valence-electron chi connectivity index (χ2n) is 4.06. The van der Waals surface area contributed by atoms with Crippen molar-refractivity contribution in [2.75, 3.05) is 0 Å². The van der Waals surface area contributed by atoms with Crippen molar-refractivity contribution in [3.8, 4) is 0 Å². The second-order valence-corrected chi connectivity index (χ2v) is 4.06. The van der Waals surface area contributed by atoms with Gasteiger partial charge in [0.05, 0.1) is 0 Å². The number of carbonyl (C=O) groups is 2. The molecule has 6 heteroatoms. The molecule has 0 aromatic carbocycles. The molecule has 2 N–H and O–H groups in total. The molecule has 84 valence electrons. The van der Waals surface area contributed by atoms with Crippen molar-refractivity contribution >= 4 is 12.0 Å². The van der Waals surface area contributed by atoms with Gasteiger partial charge in [0.1, 0.15) is 5.60 Å². The lowest BCUT2D eigenvalue weighted by atomic mass is 10.2. The quantitative estimate of drug-likeness (QED) is 0.599. The van der Waals surface area contributed by atoms with Crippen LogP contribution in [0.4, 0.5) is 4.79 Å². The Morgan fingerprint density at radius 1 is 1.60 bits per heavy atom. The van der Waals surface area contributed by atoms with Crippen molar-refractivity contribution < 1.29 is 19.4 Å². The summed E-state index contributed by atoms with van der Waals surface area (Å²) in [5.74, 6) is -0.615. The molecule has 1 rings (SSSR count). The first-order valence-electron chi connectivity index (χ1n) is 4.48. The second kappa shape index (κ2) is 3.90. The Morgan fingerprint density at radius 2 is 2.20 bits per heavy atom. The molecule has 1 heterocycles. The van der Waals surface area contributed by atoms with Crippen LogP contribution in [0.25, 0.3) is 0 Å². The number of rotatable bonds is 0. The number of hydrogen-bond donors (Lipinski definition) is 2. The van der Waals surface area contributed by atoms with Crippen LogP contribution in [-0.4, -0.2) is 34.0 Å². The Kier molecular flexibility index (Phi) is 2.99. The highest BCUT2D eigenvalue weighted by atomic mass is 16.6. The molecule has 0 aliphatic carbocycles. The monoisotopic (exact) mass is 214 g/mol. The third kappa shape index (κ3) is 2.95. The molecule has 0 radical (unpaired) electrons. The van der Waals surface area contributed by atoms with Gasteiger partial charge in [-0.1, -0.05) is 0 Å². The van der Waals surface area contributed by atoms with Gasteiger partial charge in [-0.05, 0) is 20.8 Å². The van der Waals surface area contributed by atoms with Gasteiger partial charge >= 0.3 is 6.09 Å². The van der Waals surface area contributed by atoms with E-state index in [-0.39, 0.29) is 0 Å². The summed E-state index contributed by atoms with van der Waals surface area (Å²) >= 11 is 0. The fourth-order valence-electron chi connectivity index (χ4n) is 0.982. The summed E-state index contributed by atoms with van der Waals surface area (Å²) < 4.78 is 4.95. The molecule has 6 nitrogen and oxygen atoms in total. The Hall–Kier alpha value is -1.56. The summed E-state index contributed by atoms with van der Waals surface area (Å²) in [5.41, 5.74) is -0.710. The molecule has 2 amide bonds. The molecule has 1 atom stereocenters. The normalized spacial score (nSPS) is 21.2. The van der Waals surface area contributed by atoms with Crippen LogP contribution in [0.3, 0.4) is 0 Å². The van der Waals surface area contributed by atoms with Crippen molar-refractivity contribution in [3.63, 3.8) is 0 Å². The zero-order valence-corrected chi connectivity index (χ0v) is 8.85. The molecule has 1 aliphatic heterocycles. The first kappa shape index (κ1) is 11.5. The number of aliphatic hydroxyl groups excluding tert-OH is 1. The van der Waals surface area contributed by atoms with E-state index in [1.165, 1.54) is 6.20 Å². The molecule has 0 saturated heterocycles. The van der Waals surface area contributed by atoms with E-state index in [2.05, 4.69) is 5.32 Å².